The molecule has 0 aliphatic carbocycles. The number of sulfonamides is 1. The SMILES string of the molecule is Cc1ccc(C)c(C(=O)Nc2ccccc2S(=O)(=O)N2CCCCC2)c1. The summed E-state index contributed by atoms with van der Waals surface area (Å²) in [5.74, 6) is -0.299. The molecule has 1 aliphatic rings. The first-order valence-electron chi connectivity index (χ1n) is 8.87. The topological polar surface area (TPSA) is 66.5 Å². The number of carbonyl (C=O) groups is 1. The Bertz CT molecular complexity index is 916. The first kappa shape index (κ1) is 18.6. The lowest BCUT2D eigenvalue weighted by molar-refractivity contribution is 0.102. The number of carbonyl (C=O) groups excluding carboxylic acids is 1. The third-order valence-corrected chi connectivity index (χ3v) is 6.66. The van der Waals surface area contributed by atoms with Crippen molar-refractivity contribution >= 4 is 21.6 Å². The maximum Gasteiger partial charge on any atom is 0.255 e. The summed E-state index contributed by atoms with van der Waals surface area (Å²) >= 11 is 0. The van der Waals surface area contributed by atoms with Gasteiger partial charge in [0.15, 0.2) is 0 Å². The number of nitrogens with zero attached hydrogens (tertiary/aromatic N) is 1. The second kappa shape index (κ2) is 7.60. The number of anilines is 1. The Morgan fingerprint density at radius 2 is 1.69 bits per heavy atom. The van der Waals surface area contributed by atoms with Crippen molar-refractivity contribution in [3.8, 4) is 0 Å². The zero-order valence-electron chi connectivity index (χ0n) is 15.2. The van der Waals surface area contributed by atoms with E-state index in [0.717, 1.165) is 30.4 Å². The Morgan fingerprint density at radius 3 is 2.42 bits per heavy atom. The molecule has 1 heterocycles. The smallest absolute Gasteiger partial charge is 0.255 e. The summed E-state index contributed by atoms with van der Waals surface area (Å²) in [4.78, 5) is 12.9. The molecule has 0 atom stereocenters. The molecule has 0 radical (unpaired) electrons. The highest BCUT2D eigenvalue weighted by Crippen LogP contribution is 2.27. The first-order valence-corrected chi connectivity index (χ1v) is 10.3. The van der Waals surface area contributed by atoms with Gasteiger partial charge in [-0.15, -0.1) is 0 Å². The lowest BCUT2D eigenvalue weighted by atomic mass is 10.1. The van der Waals surface area contributed by atoms with Crippen LogP contribution in [0.5, 0.6) is 0 Å². The highest BCUT2D eigenvalue weighted by atomic mass is 32.2. The molecule has 1 fully saturated rings. The number of hydrogen-bond acceptors (Lipinski definition) is 3. The third-order valence-electron chi connectivity index (χ3n) is 4.71. The molecular formula is C20H24N2O3S. The van der Waals surface area contributed by atoms with Gasteiger partial charge in [-0.25, -0.2) is 8.42 Å². The quantitative estimate of drug-likeness (QED) is 0.889. The van der Waals surface area contributed by atoms with E-state index in [4.69, 9.17) is 0 Å². The van der Waals surface area contributed by atoms with Gasteiger partial charge in [0.2, 0.25) is 10.0 Å². The monoisotopic (exact) mass is 372 g/mol. The highest BCUT2D eigenvalue weighted by molar-refractivity contribution is 7.89. The number of nitrogens with one attached hydrogen (secondary N) is 1. The average Bonchev–Trinajstić information content (AvgIpc) is 2.64. The van der Waals surface area contributed by atoms with Crippen LogP contribution in [0.3, 0.4) is 0 Å². The highest BCUT2D eigenvalue weighted by Gasteiger charge is 2.28. The lowest BCUT2D eigenvalue weighted by Gasteiger charge is -2.26. The molecule has 0 unspecified atom stereocenters. The number of benzene rings is 2. The van der Waals surface area contributed by atoms with Crippen LogP contribution in [-0.4, -0.2) is 31.7 Å². The summed E-state index contributed by atoms with van der Waals surface area (Å²) in [5, 5.41) is 2.80. The minimum Gasteiger partial charge on any atom is -0.321 e. The molecule has 26 heavy (non-hydrogen) atoms. The van der Waals surface area contributed by atoms with E-state index in [1.165, 1.54) is 4.31 Å². The maximum atomic E-state index is 13.0. The fourth-order valence-electron chi connectivity index (χ4n) is 3.21. The predicted octanol–water partition coefficient (Wildman–Crippen LogP) is 3.73. The molecule has 0 aromatic heterocycles. The molecule has 2 aromatic rings. The molecule has 1 amide bonds. The maximum absolute atomic E-state index is 13.0. The fraction of sp³-hybridized carbons (Fsp3) is 0.350. The van der Waals surface area contributed by atoms with E-state index in [9.17, 15) is 13.2 Å². The summed E-state index contributed by atoms with van der Waals surface area (Å²) < 4.78 is 27.6. The molecule has 0 saturated carbocycles. The van der Waals surface area contributed by atoms with Crippen LogP contribution in [0.4, 0.5) is 5.69 Å². The number of para-hydroxylation sites is 1. The van der Waals surface area contributed by atoms with Crippen LogP contribution >= 0.6 is 0 Å². The molecular weight excluding hydrogens is 348 g/mol. The van der Waals surface area contributed by atoms with Gasteiger partial charge in [-0.3, -0.25) is 4.79 Å². The summed E-state index contributed by atoms with van der Waals surface area (Å²) in [5.41, 5.74) is 2.71. The molecule has 1 saturated heterocycles. The molecule has 1 aliphatic heterocycles. The van der Waals surface area contributed by atoms with Gasteiger partial charge in [0, 0.05) is 18.7 Å². The molecule has 5 nitrogen and oxygen atoms in total. The van der Waals surface area contributed by atoms with Crippen molar-refractivity contribution in [1.29, 1.82) is 0 Å². The van der Waals surface area contributed by atoms with Gasteiger partial charge >= 0.3 is 0 Å². The van der Waals surface area contributed by atoms with Gasteiger partial charge in [0.05, 0.1) is 5.69 Å². The van der Waals surface area contributed by atoms with E-state index < -0.39 is 10.0 Å². The number of piperidine rings is 1. The normalized spacial score (nSPS) is 15.6. The molecule has 1 N–H and O–H groups in total. The second-order valence-electron chi connectivity index (χ2n) is 6.73. The number of hydrogen-bond donors (Lipinski definition) is 1. The van der Waals surface area contributed by atoms with Crippen molar-refractivity contribution in [2.75, 3.05) is 18.4 Å². The Labute approximate surface area is 155 Å². The lowest BCUT2D eigenvalue weighted by Crippen LogP contribution is -2.36. The van der Waals surface area contributed by atoms with Crippen LogP contribution in [0.15, 0.2) is 47.4 Å². The molecule has 0 spiro atoms. The minimum absolute atomic E-state index is 0.153. The third kappa shape index (κ3) is 3.81. The van der Waals surface area contributed by atoms with E-state index in [2.05, 4.69) is 5.32 Å². The molecule has 3 rings (SSSR count). The molecule has 6 heteroatoms. The zero-order valence-corrected chi connectivity index (χ0v) is 16.0. The van der Waals surface area contributed by atoms with E-state index in [0.29, 0.717) is 24.3 Å². The Balaban J connectivity index is 1.92. The number of amides is 1. The van der Waals surface area contributed by atoms with Crippen molar-refractivity contribution in [3.05, 3.63) is 59.2 Å². The van der Waals surface area contributed by atoms with Gasteiger partial charge in [0.25, 0.3) is 5.91 Å². The van der Waals surface area contributed by atoms with Crippen LogP contribution in [0.25, 0.3) is 0 Å². The van der Waals surface area contributed by atoms with Gasteiger partial charge < -0.3 is 5.32 Å². The fourth-order valence-corrected chi connectivity index (χ4v) is 4.87. The van der Waals surface area contributed by atoms with Gasteiger partial charge in [-0.2, -0.15) is 4.31 Å². The molecule has 138 valence electrons. The van der Waals surface area contributed by atoms with E-state index in [1.807, 2.05) is 32.0 Å². The van der Waals surface area contributed by atoms with E-state index in [1.54, 1.807) is 24.3 Å². The van der Waals surface area contributed by atoms with Crippen LogP contribution in [0, 0.1) is 13.8 Å². The summed E-state index contributed by atoms with van der Waals surface area (Å²) in [6.07, 6.45) is 2.80. The van der Waals surface area contributed by atoms with Crippen LogP contribution in [0.2, 0.25) is 0 Å². The van der Waals surface area contributed by atoms with Gasteiger partial charge in [-0.1, -0.05) is 36.2 Å². The van der Waals surface area contributed by atoms with Crippen molar-refractivity contribution in [2.45, 2.75) is 38.0 Å². The summed E-state index contributed by atoms with van der Waals surface area (Å²) in [6.45, 7) is 4.85. The van der Waals surface area contributed by atoms with Crippen LogP contribution < -0.4 is 5.32 Å². The number of aryl methyl sites for hydroxylation is 2. The van der Waals surface area contributed by atoms with E-state index >= 15 is 0 Å². The summed E-state index contributed by atoms with van der Waals surface area (Å²) in [6, 6.07) is 12.3. The van der Waals surface area contributed by atoms with Crippen molar-refractivity contribution in [1.82, 2.24) is 4.31 Å². The van der Waals surface area contributed by atoms with Crippen LogP contribution in [-0.2, 0) is 10.0 Å². The predicted molar refractivity (Wildman–Crippen MR) is 103 cm³/mol. The molecule has 0 bridgehead atoms. The zero-order chi connectivity index (χ0) is 18.7. The van der Waals surface area contributed by atoms with Gasteiger partial charge in [-0.05, 0) is 50.5 Å². The first-order chi connectivity index (χ1) is 12.4. The second-order valence-corrected chi connectivity index (χ2v) is 8.64. The van der Waals surface area contributed by atoms with Crippen molar-refractivity contribution in [2.24, 2.45) is 0 Å². The Hall–Kier alpha value is -2.18. The largest absolute Gasteiger partial charge is 0.321 e. The Kier molecular flexibility index (Phi) is 5.44. The average molecular weight is 372 g/mol. The summed E-state index contributed by atoms with van der Waals surface area (Å²) in [7, 11) is -3.62. The standard InChI is InChI=1S/C20H24N2O3S/c1-15-10-11-16(2)17(14-15)20(23)21-18-8-4-5-9-19(18)26(24,25)22-12-6-3-7-13-22/h4-5,8-11,14H,3,6-7,12-13H2,1-2H3,(H,21,23). The Morgan fingerprint density at radius 1 is 1.00 bits per heavy atom. The van der Waals surface area contributed by atoms with E-state index in [-0.39, 0.29) is 10.8 Å². The van der Waals surface area contributed by atoms with Crippen LogP contribution in [0.1, 0.15) is 40.7 Å². The van der Waals surface area contributed by atoms with Crippen molar-refractivity contribution in [3.63, 3.8) is 0 Å². The minimum atomic E-state index is -3.62. The molecule has 2 aromatic carbocycles. The van der Waals surface area contributed by atoms with Gasteiger partial charge in [0.1, 0.15) is 4.90 Å². The van der Waals surface area contributed by atoms with Crippen molar-refractivity contribution < 1.29 is 13.2 Å². The number of rotatable bonds is 4.